The molecular formula is C8H5ClN4O2S2. The number of aldehydes is 1. The van der Waals surface area contributed by atoms with Crippen LogP contribution in [-0.4, -0.2) is 21.2 Å². The first kappa shape index (κ1) is 12.1. The highest BCUT2D eigenvalue weighted by molar-refractivity contribution is 8.00. The third-order valence-corrected chi connectivity index (χ3v) is 3.95. The minimum absolute atomic E-state index is 0.120. The van der Waals surface area contributed by atoms with Gasteiger partial charge in [0.15, 0.2) is 20.9 Å². The number of aromatic nitrogens is 3. The van der Waals surface area contributed by atoms with Gasteiger partial charge in [-0.05, 0) is 11.8 Å². The van der Waals surface area contributed by atoms with Crippen molar-refractivity contribution in [2.24, 2.45) is 0 Å². The van der Waals surface area contributed by atoms with Crippen LogP contribution in [0.1, 0.15) is 9.67 Å². The number of nitrogens with two attached hydrogens (primary N) is 1. The molecule has 0 saturated carbocycles. The molecule has 2 heterocycles. The second kappa shape index (κ2) is 4.86. The lowest BCUT2D eigenvalue weighted by Crippen LogP contribution is -2.09. The van der Waals surface area contributed by atoms with Crippen LogP contribution in [0.2, 0.25) is 5.15 Å². The molecule has 0 spiro atoms. The number of thiazole rings is 1. The summed E-state index contributed by atoms with van der Waals surface area (Å²) in [6.07, 6.45) is 0.625. The highest BCUT2D eigenvalue weighted by Crippen LogP contribution is 2.32. The van der Waals surface area contributed by atoms with Gasteiger partial charge in [-0.15, -0.1) is 11.3 Å². The Morgan fingerprint density at radius 3 is 2.88 bits per heavy atom. The number of rotatable bonds is 3. The lowest BCUT2D eigenvalue weighted by atomic mass is 10.6. The van der Waals surface area contributed by atoms with E-state index in [4.69, 9.17) is 17.3 Å². The van der Waals surface area contributed by atoms with Gasteiger partial charge in [0.05, 0.1) is 0 Å². The Morgan fingerprint density at radius 2 is 2.29 bits per heavy atom. The molecule has 9 heteroatoms. The van der Waals surface area contributed by atoms with Crippen LogP contribution < -0.4 is 11.3 Å². The summed E-state index contributed by atoms with van der Waals surface area (Å²) < 4.78 is 0.505. The summed E-state index contributed by atoms with van der Waals surface area (Å²) in [5.74, 6) is 0.120. The monoisotopic (exact) mass is 288 g/mol. The summed E-state index contributed by atoms with van der Waals surface area (Å²) in [6.45, 7) is 0. The van der Waals surface area contributed by atoms with Gasteiger partial charge < -0.3 is 10.7 Å². The average Bonchev–Trinajstić information content (AvgIpc) is 2.57. The van der Waals surface area contributed by atoms with Crippen molar-refractivity contribution in [3.05, 3.63) is 26.5 Å². The molecule has 2 rings (SSSR count). The summed E-state index contributed by atoms with van der Waals surface area (Å²) in [7, 11) is 0. The maximum absolute atomic E-state index is 11.1. The smallest absolute Gasteiger partial charge is 0.253 e. The quantitative estimate of drug-likeness (QED) is 0.654. The molecule has 3 N–H and O–H groups in total. The molecule has 0 aliphatic rings. The molecule has 0 radical (unpaired) electrons. The number of carbonyl (C=O) groups excluding carboxylic acids is 1. The molecule has 0 aliphatic carbocycles. The lowest BCUT2D eigenvalue weighted by molar-refractivity contribution is 0.112. The molecule has 0 unspecified atom stereocenters. The van der Waals surface area contributed by atoms with Crippen LogP contribution in [0.3, 0.4) is 0 Å². The summed E-state index contributed by atoms with van der Waals surface area (Å²) >= 11 is 7.91. The molecule has 0 saturated heterocycles. The molecule has 88 valence electrons. The summed E-state index contributed by atoms with van der Waals surface area (Å²) in [5.41, 5.74) is 5.08. The molecule has 17 heavy (non-hydrogen) atoms. The normalized spacial score (nSPS) is 10.4. The number of anilines is 1. The molecule has 2 aromatic rings. The zero-order valence-corrected chi connectivity index (χ0v) is 10.5. The second-order valence-electron chi connectivity index (χ2n) is 2.83. The maximum Gasteiger partial charge on any atom is 0.253 e. The van der Waals surface area contributed by atoms with Gasteiger partial charge in [-0.2, -0.15) is 0 Å². The number of hydrogen-bond acceptors (Lipinski definition) is 7. The fourth-order valence-electron chi connectivity index (χ4n) is 0.995. The SMILES string of the molecule is Nc1cc(=O)[nH]c(Sc2nc(Cl)c(C=O)s2)n1. The van der Waals surface area contributed by atoms with E-state index >= 15 is 0 Å². The summed E-state index contributed by atoms with van der Waals surface area (Å²) in [4.78, 5) is 32.4. The van der Waals surface area contributed by atoms with Crippen LogP contribution in [0.5, 0.6) is 0 Å². The van der Waals surface area contributed by atoms with Crippen molar-refractivity contribution in [2.45, 2.75) is 9.50 Å². The van der Waals surface area contributed by atoms with E-state index in [0.29, 0.717) is 20.7 Å². The number of nitrogens with one attached hydrogen (secondary N) is 1. The largest absolute Gasteiger partial charge is 0.383 e. The fraction of sp³-hybridized carbons (Fsp3) is 0. The van der Waals surface area contributed by atoms with Crippen molar-refractivity contribution in [3.8, 4) is 0 Å². The number of H-pyrrole nitrogens is 1. The van der Waals surface area contributed by atoms with Crippen LogP contribution in [0.25, 0.3) is 0 Å². The number of carbonyl (C=O) groups is 1. The first-order valence-corrected chi connectivity index (χ1v) is 6.26. The Kier molecular flexibility index (Phi) is 3.46. The molecule has 0 amide bonds. The Labute approximate surface area is 108 Å². The molecule has 0 bridgehead atoms. The second-order valence-corrected chi connectivity index (χ2v) is 5.45. The first-order valence-electron chi connectivity index (χ1n) is 4.24. The van der Waals surface area contributed by atoms with Gasteiger partial charge >= 0.3 is 0 Å². The van der Waals surface area contributed by atoms with Crippen LogP contribution in [0, 0.1) is 0 Å². The molecule has 2 aromatic heterocycles. The van der Waals surface area contributed by atoms with Gasteiger partial charge in [0, 0.05) is 6.07 Å². The van der Waals surface area contributed by atoms with E-state index in [1.165, 1.54) is 6.07 Å². The number of nitrogens with zero attached hydrogens (tertiary/aromatic N) is 2. The Balaban J connectivity index is 2.30. The minimum Gasteiger partial charge on any atom is -0.383 e. The number of halogens is 1. The van der Waals surface area contributed by atoms with E-state index in [9.17, 15) is 9.59 Å². The van der Waals surface area contributed by atoms with Gasteiger partial charge in [0.1, 0.15) is 10.7 Å². The number of hydrogen-bond donors (Lipinski definition) is 2. The lowest BCUT2D eigenvalue weighted by Gasteiger charge is -1.97. The van der Waals surface area contributed by atoms with E-state index < -0.39 is 0 Å². The topological polar surface area (TPSA) is 102 Å². The van der Waals surface area contributed by atoms with E-state index in [1.807, 2.05) is 0 Å². The zero-order chi connectivity index (χ0) is 12.4. The average molecular weight is 289 g/mol. The standard InChI is InChI=1S/C8H5ClN4O2S2/c9-6-3(2-14)16-8(13-6)17-7-11-4(10)1-5(15)12-7/h1-2H,(H3,10,11,12,15). The van der Waals surface area contributed by atoms with Gasteiger partial charge in [-0.1, -0.05) is 11.6 Å². The van der Waals surface area contributed by atoms with Crippen molar-refractivity contribution >= 4 is 46.8 Å². The van der Waals surface area contributed by atoms with Crippen LogP contribution in [0.15, 0.2) is 20.4 Å². The van der Waals surface area contributed by atoms with Crippen molar-refractivity contribution < 1.29 is 4.79 Å². The van der Waals surface area contributed by atoms with Gasteiger partial charge in [0.2, 0.25) is 0 Å². The van der Waals surface area contributed by atoms with Gasteiger partial charge in [-0.25, -0.2) is 9.97 Å². The van der Waals surface area contributed by atoms with E-state index in [-0.39, 0.29) is 16.5 Å². The predicted octanol–water partition coefficient (Wildman–Crippen LogP) is 1.43. The summed E-state index contributed by atoms with van der Waals surface area (Å²) in [6, 6.07) is 1.18. The molecular weight excluding hydrogens is 284 g/mol. The maximum atomic E-state index is 11.1. The Morgan fingerprint density at radius 1 is 1.53 bits per heavy atom. The van der Waals surface area contributed by atoms with Crippen molar-refractivity contribution in [1.82, 2.24) is 15.0 Å². The minimum atomic E-state index is -0.349. The molecule has 0 aromatic carbocycles. The molecule has 6 nitrogen and oxygen atoms in total. The summed E-state index contributed by atoms with van der Waals surface area (Å²) in [5, 5.41) is 0.441. The Bertz CT molecular complexity index is 624. The molecule has 0 atom stereocenters. The van der Waals surface area contributed by atoms with E-state index in [0.717, 1.165) is 23.1 Å². The highest BCUT2D eigenvalue weighted by Gasteiger charge is 2.11. The van der Waals surface area contributed by atoms with Crippen molar-refractivity contribution in [3.63, 3.8) is 0 Å². The molecule has 0 fully saturated rings. The van der Waals surface area contributed by atoms with E-state index in [1.54, 1.807) is 0 Å². The van der Waals surface area contributed by atoms with Crippen LogP contribution in [0.4, 0.5) is 5.82 Å². The predicted molar refractivity (Wildman–Crippen MR) is 65.9 cm³/mol. The first-order chi connectivity index (χ1) is 8.08. The fourth-order valence-corrected chi connectivity index (χ4v) is 3.12. The van der Waals surface area contributed by atoms with Gasteiger partial charge in [0.25, 0.3) is 5.56 Å². The third-order valence-electron chi connectivity index (χ3n) is 1.62. The van der Waals surface area contributed by atoms with Gasteiger partial charge in [-0.3, -0.25) is 9.59 Å². The van der Waals surface area contributed by atoms with Crippen LogP contribution >= 0.6 is 34.7 Å². The third kappa shape index (κ3) is 2.84. The van der Waals surface area contributed by atoms with Crippen LogP contribution in [-0.2, 0) is 0 Å². The van der Waals surface area contributed by atoms with Crippen molar-refractivity contribution in [2.75, 3.05) is 5.73 Å². The number of aromatic amines is 1. The zero-order valence-electron chi connectivity index (χ0n) is 8.14. The molecule has 0 aliphatic heterocycles. The van der Waals surface area contributed by atoms with E-state index in [2.05, 4.69) is 15.0 Å². The number of nitrogen functional groups attached to an aromatic ring is 1. The Hall–Kier alpha value is -1.38. The highest BCUT2D eigenvalue weighted by atomic mass is 35.5. The van der Waals surface area contributed by atoms with Crippen molar-refractivity contribution in [1.29, 1.82) is 0 Å².